The number of amides is 1. The van der Waals surface area contributed by atoms with Crippen molar-refractivity contribution in [3.63, 3.8) is 0 Å². The number of nitrogens with two attached hydrogens (primary N) is 1. The van der Waals surface area contributed by atoms with Crippen LogP contribution in [0.3, 0.4) is 0 Å². The predicted octanol–water partition coefficient (Wildman–Crippen LogP) is 1.27. The van der Waals surface area contributed by atoms with Gasteiger partial charge in [0.05, 0.1) is 12.6 Å². The first-order valence-electron chi connectivity index (χ1n) is 6.36. The zero-order valence-corrected chi connectivity index (χ0v) is 11.8. The fourth-order valence-electron chi connectivity index (χ4n) is 1.98. The lowest BCUT2D eigenvalue weighted by Gasteiger charge is -2.25. The van der Waals surface area contributed by atoms with Crippen LogP contribution in [0.25, 0.3) is 0 Å². The van der Waals surface area contributed by atoms with Gasteiger partial charge < -0.3 is 11.1 Å². The maximum absolute atomic E-state index is 11.8. The Morgan fingerprint density at radius 2 is 2.33 bits per heavy atom. The second kappa shape index (κ2) is 5.82. The molecule has 1 amide bonds. The number of aryl methyl sites for hydroxylation is 1. The summed E-state index contributed by atoms with van der Waals surface area (Å²) in [6, 6.07) is 4.76. The predicted molar refractivity (Wildman–Crippen MR) is 74.6 cm³/mol. The summed E-state index contributed by atoms with van der Waals surface area (Å²) in [7, 11) is 1.96. The monoisotopic (exact) mass is 267 g/mol. The molecule has 0 bridgehead atoms. The molecule has 1 saturated carbocycles. The summed E-state index contributed by atoms with van der Waals surface area (Å²) in [6.07, 6.45) is 2.25. The molecule has 2 rings (SSSR count). The fourth-order valence-corrected chi connectivity index (χ4v) is 3.04. The van der Waals surface area contributed by atoms with Crippen LogP contribution in [-0.4, -0.2) is 37.0 Å². The highest BCUT2D eigenvalue weighted by Gasteiger charge is 2.25. The van der Waals surface area contributed by atoms with Crippen molar-refractivity contribution >= 4 is 17.2 Å². The molecular weight excluding hydrogens is 246 g/mol. The van der Waals surface area contributed by atoms with Crippen LogP contribution in [0.15, 0.2) is 12.1 Å². The summed E-state index contributed by atoms with van der Waals surface area (Å²) >= 11 is 1.75. The third-order valence-corrected chi connectivity index (χ3v) is 4.28. The molecule has 1 atom stereocenters. The Morgan fingerprint density at radius 1 is 1.61 bits per heavy atom. The molecule has 0 aromatic carbocycles. The minimum absolute atomic E-state index is 0.103. The zero-order chi connectivity index (χ0) is 13.1. The maximum atomic E-state index is 11.8. The van der Waals surface area contributed by atoms with Crippen LogP contribution in [0.1, 0.15) is 28.6 Å². The number of nitrogens with one attached hydrogen (secondary N) is 1. The highest BCUT2D eigenvalue weighted by Crippen LogP contribution is 2.26. The van der Waals surface area contributed by atoms with Gasteiger partial charge in [0, 0.05) is 22.3 Å². The van der Waals surface area contributed by atoms with Crippen molar-refractivity contribution in [3.05, 3.63) is 21.9 Å². The van der Waals surface area contributed by atoms with Crippen LogP contribution in [0.5, 0.6) is 0 Å². The molecule has 0 saturated heterocycles. The topological polar surface area (TPSA) is 58.4 Å². The number of rotatable bonds is 6. The molecule has 18 heavy (non-hydrogen) atoms. The van der Waals surface area contributed by atoms with E-state index in [4.69, 9.17) is 5.73 Å². The first kappa shape index (κ1) is 13.5. The Labute approximate surface area is 112 Å². The number of hydrogen-bond acceptors (Lipinski definition) is 4. The number of carbonyl (C=O) groups is 1. The van der Waals surface area contributed by atoms with E-state index in [9.17, 15) is 4.79 Å². The van der Waals surface area contributed by atoms with E-state index < -0.39 is 0 Å². The van der Waals surface area contributed by atoms with Gasteiger partial charge in [-0.3, -0.25) is 9.69 Å². The third kappa shape index (κ3) is 3.54. The van der Waals surface area contributed by atoms with E-state index in [1.54, 1.807) is 11.3 Å². The van der Waals surface area contributed by atoms with E-state index >= 15 is 0 Å². The second-order valence-electron chi connectivity index (χ2n) is 4.96. The molecule has 1 fully saturated rings. The molecule has 1 unspecified atom stereocenters. The Morgan fingerprint density at radius 3 is 2.83 bits per heavy atom. The van der Waals surface area contributed by atoms with Gasteiger partial charge in [-0.15, -0.1) is 11.3 Å². The van der Waals surface area contributed by atoms with Crippen LogP contribution < -0.4 is 11.1 Å². The minimum Gasteiger partial charge on any atom is -0.352 e. The average molecular weight is 267 g/mol. The summed E-state index contributed by atoms with van der Waals surface area (Å²) in [6.45, 7) is 3.03. The van der Waals surface area contributed by atoms with Crippen molar-refractivity contribution < 1.29 is 4.79 Å². The molecule has 0 aliphatic heterocycles. The molecule has 1 aliphatic rings. The zero-order valence-electron chi connectivity index (χ0n) is 11.0. The first-order valence-corrected chi connectivity index (χ1v) is 7.18. The molecule has 4 nitrogen and oxygen atoms in total. The minimum atomic E-state index is 0.103. The Hall–Kier alpha value is -0.910. The SMILES string of the molecule is Cc1ccc(C(CN)N(C)CC(=O)NC2CC2)s1. The maximum Gasteiger partial charge on any atom is 0.234 e. The lowest BCUT2D eigenvalue weighted by atomic mass is 10.2. The Kier molecular flexibility index (Phi) is 4.37. The van der Waals surface area contributed by atoms with Crippen LogP contribution in [0, 0.1) is 6.92 Å². The molecule has 1 aromatic rings. The fraction of sp³-hybridized carbons (Fsp3) is 0.615. The summed E-state index contributed by atoms with van der Waals surface area (Å²) in [5.74, 6) is 0.103. The summed E-state index contributed by atoms with van der Waals surface area (Å²) < 4.78 is 0. The molecule has 0 spiro atoms. The van der Waals surface area contributed by atoms with E-state index in [1.165, 1.54) is 9.75 Å². The quantitative estimate of drug-likeness (QED) is 0.816. The lowest BCUT2D eigenvalue weighted by Crippen LogP contribution is -2.39. The average Bonchev–Trinajstić information content (AvgIpc) is 3.01. The number of nitrogens with zero attached hydrogens (tertiary/aromatic N) is 1. The second-order valence-corrected chi connectivity index (χ2v) is 6.28. The van der Waals surface area contributed by atoms with Gasteiger partial charge in [-0.1, -0.05) is 0 Å². The van der Waals surface area contributed by atoms with Gasteiger partial charge in [0.25, 0.3) is 0 Å². The molecular formula is C13H21N3OS. The van der Waals surface area contributed by atoms with Crippen LogP contribution in [0.4, 0.5) is 0 Å². The van der Waals surface area contributed by atoms with Crippen molar-refractivity contribution in [3.8, 4) is 0 Å². The van der Waals surface area contributed by atoms with E-state index in [0.29, 0.717) is 19.1 Å². The third-order valence-electron chi connectivity index (χ3n) is 3.18. The van der Waals surface area contributed by atoms with Gasteiger partial charge in [0.2, 0.25) is 5.91 Å². The van der Waals surface area contributed by atoms with Gasteiger partial charge in [-0.05, 0) is 38.9 Å². The highest BCUT2D eigenvalue weighted by molar-refractivity contribution is 7.12. The van der Waals surface area contributed by atoms with Crippen molar-refractivity contribution in [2.45, 2.75) is 31.8 Å². The molecule has 3 N–H and O–H groups in total. The van der Waals surface area contributed by atoms with E-state index in [1.807, 2.05) is 11.9 Å². The van der Waals surface area contributed by atoms with Crippen molar-refractivity contribution in [1.29, 1.82) is 0 Å². The van der Waals surface area contributed by atoms with Gasteiger partial charge in [-0.2, -0.15) is 0 Å². The molecule has 100 valence electrons. The van der Waals surface area contributed by atoms with Crippen LogP contribution >= 0.6 is 11.3 Å². The molecule has 1 heterocycles. The van der Waals surface area contributed by atoms with Crippen molar-refractivity contribution in [1.82, 2.24) is 10.2 Å². The number of thiophene rings is 1. The Balaban J connectivity index is 1.91. The van der Waals surface area contributed by atoms with Gasteiger partial charge in [0.1, 0.15) is 0 Å². The summed E-state index contributed by atoms with van der Waals surface area (Å²) in [5, 5.41) is 3.00. The van der Waals surface area contributed by atoms with Gasteiger partial charge in [0.15, 0.2) is 0 Å². The summed E-state index contributed by atoms with van der Waals surface area (Å²) in [4.78, 5) is 16.3. The number of hydrogen-bond donors (Lipinski definition) is 2. The smallest absolute Gasteiger partial charge is 0.234 e. The normalized spacial score (nSPS) is 16.9. The standard InChI is InChI=1S/C13H21N3OS/c1-9-3-6-12(18-9)11(7-14)16(2)8-13(17)15-10-4-5-10/h3,6,10-11H,4-5,7-8,14H2,1-2H3,(H,15,17). The lowest BCUT2D eigenvalue weighted by molar-refractivity contribution is -0.122. The van der Waals surface area contributed by atoms with E-state index in [-0.39, 0.29) is 11.9 Å². The van der Waals surface area contributed by atoms with Gasteiger partial charge >= 0.3 is 0 Å². The summed E-state index contributed by atoms with van der Waals surface area (Å²) in [5.41, 5.74) is 5.84. The van der Waals surface area contributed by atoms with Crippen LogP contribution in [0.2, 0.25) is 0 Å². The Bertz CT molecular complexity index is 414. The van der Waals surface area contributed by atoms with E-state index in [2.05, 4.69) is 24.4 Å². The van der Waals surface area contributed by atoms with E-state index in [0.717, 1.165) is 12.8 Å². The van der Waals surface area contributed by atoms with Crippen molar-refractivity contribution in [2.24, 2.45) is 5.73 Å². The first-order chi connectivity index (χ1) is 8.60. The highest BCUT2D eigenvalue weighted by atomic mass is 32.1. The van der Waals surface area contributed by atoms with Crippen molar-refractivity contribution in [2.75, 3.05) is 20.1 Å². The number of likely N-dealkylation sites (N-methyl/N-ethyl adjacent to an activating group) is 1. The largest absolute Gasteiger partial charge is 0.352 e. The van der Waals surface area contributed by atoms with Crippen LogP contribution in [-0.2, 0) is 4.79 Å². The molecule has 5 heteroatoms. The number of carbonyl (C=O) groups excluding carboxylic acids is 1. The molecule has 1 aliphatic carbocycles. The molecule has 1 aromatic heterocycles. The molecule has 0 radical (unpaired) electrons. The van der Waals surface area contributed by atoms with Gasteiger partial charge in [-0.25, -0.2) is 0 Å².